The third-order valence-corrected chi connectivity index (χ3v) is 2.25. The summed E-state index contributed by atoms with van der Waals surface area (Å²) < 4.78 is 0. The van der Waals surface area contributed by atoms with Crippen LogP contribution in [0.1, 0.15) is 26.3 Å². The second-order valence-electron chi connectivity index (χ2n) is 3.20. The third kappa shape index (κ3) is 1.13. The highest BCUT2D eigenvalue weighted by Crippen LogP contribution is 2.21. The lowest BCUT2D eigenvalue weighted by Crippen LogP contribution is -2.17. The van der Waals surface area contributed by atoms with Gasteiger partial charge in [0, 0.05) is 24.7 Å². The van der Waals surface area contributed by atoms with E-state index in [4.69, 9.17) is 0 Å². The molecule has 1 aliphatic heterocycles. The van der Waals surface area contributed by atoms with E-state index >= 15 is 0 Å². The zero-order valence-electron chi connectivity index (χ0n) is 7.28. The van der Waals surface area contributed by atoms with Gasteiger partial charge in [0.2, 0.25) is 0 Å². The summed E-state index contributed by atoms with van der Waals surface area (Å²) >= 11 is 0. The Bertz CT molecular complexity index is 385. The van der Waals surface area contributed by atoms with Crippen LogP contribution in [0.25, 0.3) is 0 Å². The van der Waals surface area contributed by atoms with Gasteiger partial charge in [0.1, 0.15) is 6.29 Å². The monoisotopic (exact) mass is 175 g/mol. The van der Waals surface area contributed by atoms with Gasteiger partial charge in [-0.3, -0.25) is 9.59 Å². The van der Waals surface area contributed by atoms with Crippen LogP contribution in [0.15, 0.2) is 18.2 Å². The first-order chi connectivity index (χ1) is 6.22. The Balaban J connectivity index is 2.54. The van der Waals surface area contributed by atoms with Crippen LogP contribution in [0.2, 0.25) is 0 Å². The summed E-state index contributed by atoms with van der Waals surface area (Å²) in [6, 6.07) is 5.22. The molecule has 0 N–H and O–H groups in total. The Labute approximate surface area is 76.0 Å². The second-order valence-corrected chi connectivity index (χ2v) is 3.20. The highest BCUT2D eigenvalue weighted by Gasteiger charge is 2.23. The van der Waals surface area contributed by atoms with E-state index in [1.807, 2.05) is 6.07 Å². The van der Waals surface area contributed by atoms with Gasteiger partial charge in [-0.1, -0.05) is 12.1 Å². The van der Waals surface area contributed by atoms with Crippen molar-refractivity contribution in [3.05, 3.63) is 34.9 Å². The minimum Gasteiger partial charge on any atom is -0.337 e. The molecule has 0 fully saturated rings. The molecule has 1 aliphatic rings. The first kappa shape index (κ1) is 7.98. The number of aldehydes is 1. The Morgan fingerprint density at radius 3 is 2.92 bits per heavy atom. The molecule has 3 nitrogen and oxygen atoms in total. The van der Waals surface area contributed by atoms with Crippen molar-refractivity contribution in [2.24, 2.45) is 0 Å². The molecule has 3 heteroatoms. The molecule has 0 aromatic heterocycles. The Hall–Kier alpha value is -1.64. The van der Waals surface area contributed by atoms with E-state index in [0.29, 0.717) is 17.7 Å². The van der Waals surface area contributed by atoms with Crippen molar-refractivity contribution in [2.45, 2.75) is 6.54 Å². The lowest BCUT2D eigenvalue weighted by atomic mass is 10.1. The standard InChI is InChI=1S/C10H9NO2/c1-11-5-8-3-2-7(6-12)4-9(8)10(11)13/h2-4,6H,5H2,1H3. The predicted octanol–water partition coefficient (Wildman–Crippen LogP) is 1.08. The van der Waals surface area contributed by atoms with Crippen LogP contribution in [0, 0.1) is 0 Å². The zero-order valence-corrected chi connectivity index (χ0v) is 7.28. The van der Waals surface area contributed by atoms with Crippen LogP contribution in [-0.4, -0.2) is 24.1 Å². The normalized spacial score (nSPS) is 14.5. The lowest BCUT2D eigenvalue weighted by molar-refractivity contribution is 0.0816. The molecular formula is C10H9NO2. The first-order valence-electron chi connectivity index (χ1n) is 4.06. The molecule has 13 heavy (non-hydrogen) atoms. The Kier molecular flexibility index (Phi) is 1.65. The molecule has 0 saturated carbocycles. The Morgan fingerprint density at radius 2 is 2.23 bits per heavy atom. The maximum Gasteiger partial charge on any atom is 0.254 e. The lowest BCUT2D eigenvalue weighted by Gasteiger charge is -2.04. The zero-order chi connectivity index (χ0) is 9.42. The quantitative estimate of drug-likeness (QED) is 0.599. The molecule has 1 aromatic carbocycles. The number of carbonyl (C=O) groups is 2. The van der Waals surface area contributed by atoms with E-state index in [0.717, 1.165) is 11.8 Å². The fraction of sp³-hybridized carbons (Fsp3) is 0.200. The number of rotatable bonds is 1. The summed E-state index contributed by atoms with van der Waals surface area (Å²) in [5, 5.41) is 0. The van der Waals surface area contributed by atoms with Gasteiger partial charge in [-0.25, -0.2) is 0 Å². The first-order valence-corrected chi connectivity index (χ1v) is 4.06. The third-order valence-electron chi connectivity index (χ3n) is 2.25. The molecule has 0 radical (unpaired) electrons. The minimum atomic E-state index is -0.00120. The summed E-state index contributed by atoms with van der Waals surface area (Å²) in [6.45, 7) is 0.646. The average Bonchev–Trinajstić information content (AvgIpc) is 2.43. The van der Waals surface area contributed by atoms with Gasteiger partial charge in [0.15, 0.2) is 0 Å². The summed E-state index contributed by atoms with van der Waals surface area (Å²) in [6.07, 6.45) is 0.756. The Morgan fingerprint density at radius 1 is 1.46 bits per heavy atom. The van der Waals surface area contributed by atoms with E-state index in [9.17, 15) is 9.59 Å². The number of carbonyl (C=O) groups excluding carboxylic acids is 2. The number of amides is 1. The van der Waals surface area contributed by atoms with Gasteiger partial charge in [-0.15, -0.1) is 0 Å². The van der Waals surface area contributed by atoms with Gasteiger partial charge in [-0.2, -0.15) is 0 Å². The van der Waals surface area contributed by atoms with Crippen molar-refractivity contribution in [1.82, 2.24) is 4.90 Å². The number of benzene rings is 1. The molecule has 0 unspecified atom stereocenters. The van der Waals surface area contributed by atoms with E-state index in [-0.39, 0.29) is 5.91 Å². The van der Waals surface area contributed by atoms with Gasteiger partial charge in [0.25, 0.3) is 5.91 Å². The molecular weight excluding hydrogens is 166 g/mol. The molecule has 0 saturated heterocycles. The maximum atomic E-state index is 11.5. The van der Waals surface area contributed by atoms with Crippen molar-refractivity contribution >= 4 is 12.2 Å². The van der Waals surface area contributed by atoms with Crippen LogP contribution >= 0.6 is 0 Å². The molecule has 2 rings (SSSR count). The number of nitrogens with zero attached hydrogens (tertiary/aromatic N) is 1. The van der Waals surface area contributed by atoms with E-state index in [2.05, 4.69) is 0 Å². The number of hydrogen-bond donors (Lipinski definition) is 0. The molecule has 1 aromatic rings. The number of hydrogen-bond acceptors (Lipinski definition) is 2. The fourth-order valence-corrected chi connectivity index (χ4v) is 1.54. The van der Waals surface area contributed by atoms with Crippen molar-refractivity contribution in [3.63, 3.8) is 0 Å². The van der Waals surface area contributed by atoms with E-state index in [1.54, 1.807) is 24.1 Å². The molecule has 1 amide bonds. The van der Waals surface area contributed by atoms with Crippen LogP contribution in [-0.2, 0) is 6.54 Å². The van der Waals surface area contributed by atoms with Crippen LogP contribution in [0.4, 0.5) is 0 Å². The summed E-state index contributed by atoms with van der Waals surface area (Å²) in [4.78, 5) is 23.6. The molecule has 1 heterocycles. The topological polar surface area (TPSA) is 37.4 Å². The molecule has 0 spiro atoms. The van der Waals surface area contributed by atoms with Crippen LogP contribution in [0.3, 0.4) is 0 Å². The van der Waals surface area contributed by atoms with Crippen molar-refractivity contribution in [3.8, 4) is 0 Å². The molecule has 66 valence electrons. The van der Waals surface area contributed by atoms with Crippen molar-refractivity contribution in [1.29, 1.82) is 0 Å². The molecule has 0 atom stereocenters. The fourth-order valence-electron chi connectivity index (χ4n) is 1.54. The van der Waals surface area contributed by atoms with Gasteiger partial charge >= 0.3 is 0 Å². The SMILES string of the molecule is CN1Cc2ccc(C=O)cc2C1=O. The van der Waals surface area contributed by atoms with E-state index < -0.39 is 0 Å². The summed E-state index contributed by atoms with van der Waals surface area (Å²) in [5.74, 6) is -0.00120. The van der Waals surface area contributed by atoms with E-state index in [1.165, 1.54) is 0 Å². The summed E-state index contributed by atoms with van der Waals surface area (Å²) in [5.41, 5.74) is 2.22. The molecule has 0 aliphatic carbocycles. The van der Waals surface area contributed by atoms with Crippen LogP contribution in [0.5, 0.6) is 0 Å². The van der Waals surface area contributed by atoms with Gasteiger partial charge < -0.3 is 4.90 Å². The van der Waals surface area contributed by atoms with Gasteiger partial charge in [0.05, 0.1) is 0 Å². The minimum absolute atomic E-state index is 0.00120. The number of fused-ring (bicyclic) bond motifs is 1. The van der Waals surface area contributed by atoms with Gasteiger partial charge in [-0.05, 0) is 11.6 Å². The highest BCUT2D eigenvalue weighted by molar-refractivity contribution is 5.99. The van der Waals surface area contributed by atoms with Crippen molar-refractivity contribution in [2.75, 3.05) is 7.05 Å². The smallest absolute Gasteiger partial charge is 0.254 e. The maximum absolute atomic E-state index is 11.5. The largest absolute Gasteiger partial charge is 0.337 e. The van der Waals surface area contributed by atoms with Crippen molar-refractivity contribution < 1.29 is 9.59 Å². The van der Waals surface area contributed by atoms with Crippen LogP contribution < -0.4 is 0 Å². The average molecular weight is 175 g/mol. The summed E-state index contributed by atoms with van der Waals surface area (Å²) in [7, 11) is 1.75. The predicted molar refractivity (Wildman–Crippen MR) is 47.6 cm³/mol. The second kappa shape index (κ2) is 2.69. The highest BCUT2D eigenvalue weighted by atomic mass is 16.2. The molecule has 0 bridgehead atoms.